The van der Waals surface area contributed by atoms with Crippen molar-refractivity contribution in [3.05, 3.63) is 108 Å². The number of aliphatic carboxylic acids is 1. The Kier molecular flexibility index (Phi) is 28.3. The zero-order valence-corrected chi connectivity index (χ0v) is 52.4. The number of β-amino-alcohol motifs (C(OH)–C–C–N with tert-alkyl or cyclic N) is 1. The lowest BCUT2D eigenvalue weighted by atomic mass is 9.96. The van der Waals surface area contributed by atoms with Gasteiger partial charge in [0.05, 0.1) is 25.3 Å². The second kappa shape index (κ2) is 36.3. The maximum absolute atomic E-state index is 15.1. The number of carboxylic acids is 1. The van der Waals surface area contributed by atoms with Crippen molar-refractivity contribution in [1.29, 1.82) is 0 Å². The lowest BCUT2D eigenvalue weighted by Crippen LogP contribution is -2.67. The molecule has 6 rings (SSSR count). The van der Waals surface area contributed by atoms with Crippen molar-refractivity contribution in [3.8, 4) is 0 Å². The summed E-state index contributed by atoms with van der Waals surface area (Å²) in [6, 6.07) is 14.2. The highest BCUT2D eigenvalue weighted by Gasteiger charge is 2.47. The van der Waals surface area contributed by atoms with Crippen LogP contribution in [0.4, 0.5) is 0 Å². The Morgan fingerprint density at radius 2 is 1.10 bits per heavy atom. The standard InChI is InChI=1S/C62H89N19O13/c63-41(20-10-24-70-60(64)65)51(85)75-42(21-11-25-71-61(66)67)55(89)78-27-13-23-46(78)57(91)81-35-40(83)33-48(81)53(87)73-34-50(84)74-44(30-37-14-4-1-5-15-37)52(86)77-45(36-82)56(90)80-29-28-79(58(92)49(80)32-39-18-8-3-9-19-39)47(31-38-16-6-2-7-17-38)54(88)76-43(59(93)94)22-12-26-72-62(68)69/h1-9,14-19,40-49,82-83H,10-13,20-36,63H2,(H,73,87)(H,74,84)(H,75,85)(H,76,88)(H,77,86)(H,93,94)(H4,64,65,70)(H4,66,67,71)(H4,68,69,72)/t40-,41-,42+,43+,44+,45+,46+,47+,48+,49+/m1/s1. The minimum Gasteiger partial charge on any atom is -0.480 e. The normalized spacial score (nSPS) is 18.8. The van der Waals surface area contributed by atoms with Crippen LogP contribution in [0.25, 0.3) is 0 Å². The van der Waals surface area contributed by atoms with Crippen LogP contribution in [0, 0.1) is 0 Å². The highest BCUT2D eigenvalue weighted by atomic mass is 16.4. The molecule has 0 radical (unpaired) electrons. The second-order valence-corrected chi connectivity index (χ2v) is 23.2. The van der Waals surface area contributed by atoms with Crippen molar-refractivity contribution in [3.63, 3.8) is 0 Å². The topological polar surface area (TPSA) is 524 Å². The summed E-state index contributed by atoms with van der Waals surface area (Å²) in [5.41, 5.74) is 40.7. The third-order valence-electron chi connectivity index (χ3n) is 16.3. The molecular weight excluding hydrogens is 1220 g/mol. The van der Waals surface area contributed by atoms with Crippen LogP contribution in [-0.2, 0) is 67.2 Å². The number of nitrogens with two attached hydrogens (primary N) is 7. The Morgan fingerprint density at radius 3 is 1.66 bits per heavy atom. The number of likely N-dealkylation sites (tertiary alicyclic amines) is 2. The third-order valence-corrected chi connectivity index (χ3v) is 16.3. The van der Waals surface area contributed by atoms with Gasteiger partial charge in [0.2, 0.25) is 53.2 Å². The number of piperazine rings is 1. The molecule has 3 aliphatic heterocycles. The maximum atomic E-state index is 15.1. The van der Waals surface area contributed by atoms with E-state index in [1.807, 2.05) is 0 Å². The molecule has 3 heterocycles. The summed E-state index contributed by atoms with van der Waals surface area (Å²) >= 11 is 0. The molecule has 9 amide bonds. The summed E-state index contributed by atoms with van der Waals surface area (Å²) in [4.78, 5) is 158. The number of guanidine groups is 3. The van der Waals surface area contributed by atoms with E-state index in [1.165, 1.54) is 14.7 Å². The fraction of sp³-hybridized carbons (Fsp3) is 0.500. The van der Waals surface area contributed by atoms with Crippen LogP contribution in [0.15, 0.2) is 106 Å². The predicted molar refractivity (Wildman–Crippen MR) is 345 cm³/mol. The Hall–Kier alpha value is -9.95. The van der Waals surface area contributed by atoms with E-state index in [0.717, 1.165) is 4.90 Å². The van der Waals surface area contributed by atoms with Gasteiger partial charge in [0.25, 0.3) is 0 Å². The fourth-order valence-electron chi connectivity index (χ4n) is 11.5. The van der Waals surface area contributed by atoms with Crippen molar-refractivity contribution < 1.29 is 63.3 Å². The number of hydrogen-bond donors (Lipinski definition) is 15. The van der Waals surface area contributed by atoms with Crippen LogP contribution in [0.2, 0.25) is 0 Å². The molecule has 0 spiro atoms. The molecule has 0 aromatic heterocycles. The first-order valence-corrected chi connectivity index (χ1v) is 31.2. The second-order valence-electron chi connectivity index (χ2n) is 23.2. The van der Waals surface area contributed by atoms with Crippen LogP contribution >= 0.6 is 0 Å². The van der Waals surface area contributed by atoms with Gasteiger partial charge < -0.3 is 102 Å². The molecule has 510 valence electrons. The molecule has 3 aromatic carbocycles. The number of nitrogens with zero attached hydrogens (tertiary/aromatic N) is 7. The van der Waals surface area contributed by atoms with Gasteiger partial charge in [-0.05, 0) is 68.1 Å². The molecule has 0 aliphatic carbocycles. The lowest BCUT2D eigenvalue weighted by molar-refractivity contribution is -0.158. The number of aliphatic imine (C=N–C) groups is 3. The van der Waals surface area contributed by atoms with Gasteiger partial charge in [-0.1, -0.05) is 91.0 Å². The quantitative estimate of drug-likeness (QED) is 0.0151. The van der Waals surface area contributed by atoms with E-state index >= 15 is 4.79 Å². The highest BCUT2D eigenvalue weighted by Crippen LogP contribution is 2.27. The van der Waals surface area contributed by atoms with Crippen LogP contribution < -0.4 is 66.7 Å². The first-order chi connectivity index (χ1) is 44.9. The number of aliphatic hydroxyl groups is 2. The molecule has 22 N–H and O–H groups in total. The molecule has 0 unspecified atom stereocenters. The highest BCUT2D eigenvalue weighted by molar-refractivity contribution is 5.99. The summed E-state index contributed by atoms with van der Waals surface area (Å²) in [7, 11) is 0. The Balaban J connectivity index is 1.15. The summed E-state index contributed by atoms with van der Waals surface area (Å²) in [6.07, 6.45) is -0.0941. The van der Waals surface area contributed by atoms with Gasteiger partial charge in [0.15, 0.2) is 17.9 Å². The van der Waals surface area contributed by atoms with E-state index in [-0.39, 0.29) is 128 Å². The van der Waals surface area contributed by atoms with E-state index in [0.29, 0.717) is 29.5 Å². The molecule has 0 bridgehead atoms. The first kappa shape index (κ1) is 73.1. The van der Waals surface area contributed by atoms with Gasteiger partial charge in [-0.2, -0.15) is 0 Å². The van der Waals surface area contributed by atoms with Gasteiger partial charge in [-0.3, -0.25) is 58.1 Å². The van der Waals surface area contributed by atoms with Crippen LogP contribution in [0.3, 0.4) is 0 Å². The van der Waals surface area contributed by atoms with E-state index in [9.17, 15) is 58.5 Å². The van der Waals surface area contributed by atoms with Crippen LogP contribution in [0.5, 0.6) is 0 Å². The Morgan fingerprint density at radius 1 is 0.574 bits per heavy atom. The van der Waals surface area contributed by atoms with E-state index < -0.39 is 133 Å². The number of benzene rings is 3. The van der Waals surface area contributed by atoms with Gasteiger partial charge in [0.1, 0.15) is 48.3 Å². The van der Waals surface area contributed by atoms with Gasteiger partial charge in [-0.25, -0.2) is 4.79 Å². The SMILES string of the molecule is NC(N)=NCCC[C@@H](N)C(=O)N[C@@H](CCCN=C(N)N)C(=O)N1CCC[C@H]1C(=O)N1C[C@H](O)C[C@H]1C(=O)NCC(=O)N[C@@H](Cc1ccccc1)C(=O)N[C@@H](CO)C(=O)N1CCN([C@@H](Cc2ccccc2)C(=O)N[C@@H](CCCN=C(N)N)C(=O)O)C(=O)[C@@H]1Cc1ccccc1. The molecular formula is C62H89N19O13. The van der Waals surface area contributed by atoms with E-state index in [4.69, 9.17) is 40.1 Å². The summed E-state index contributed by atoms with van der Waals surface area (Å²) < 4.78 is 0. The predicted octanol–water partition coefficient (Wildman–Crippen LogP) is -5.30. The number of rotatable bonds is 34. The lowest BCUT2D eigenvalue weighted by Gasteiger charge is -2.44. The fourth-order valence-corrected chi connectivity index (χ4v) is 11.5. The molecule has 3 aliphatic rings. The number of carboxylic acid groups (broad SMARTS) is 1. The summed E-state index contributed by atoms with van der Waals surface area (Å²) in [5, 5.41) is 44.9. The molecule has 32 heteroatoms. The monoisotopic (exact) mass is 1310 g/mol. The number of carbonyl (C=O) groups is 10. The molecule has 3 fully saturated rings. The van der Waals surface area contributed by atoms with Crippen molar-refractivity contribution in [2.45, 2.75) is 138 Å². The number of amides is 9. The van der Waals surface area contributed by atoms with Gasteiger partial charge >= 0.3 is 5.97 Å². The third kappa shape index (κ3) is 21.9. The Labute approximate surface area is 543 Å². The van der Waals surface area contributed by atoms with E-state index in [1.54, 1.807) is 91.0 Å². The number of carbonyl (C=O) groups excluding carboxylic acids is 9. The first-order valence-electron chi connectivity index (χ1n) is 31.2. The average Bonchev–Trinajstić information content (AvgIpc) is 1.22. The molecule has 3 saturated heterocycles. The van der Waals surface area contributed by atoms with Crippen molar-refractivity contribution in [2.24, 2.45) is 55.1 Å². The summed E-state index contributed by atoms with van der Waals surface area (Å²) in [6.45, 7) is -1.89. The molecule has 0 saturated carbocycles. The molecule has 94 heavy (non-hydrogen) atoms. The molecule has 10 atom stereocenters. The summed E-state index contributed by atoms with van der Waals surface area (Å²) in [5.74, 6) is -8.69. The van der Waals surface area contributed by atoms with Gasteiger partial charge in [0, 0.05) is 71.5 Å². The van der Waals surface area contributed by atoms with Crippen molar-refractivity contribution in [2.75, 3.05) is 59.0 Å². The molecule has 32 nitrogen and oxygen atoms in total. The van der Waals surface area contributed by atoms with Crippen LogP contribution in [0.1, 0.15) is 74.5 Å². The van der Waals surface area contributed by atoms with Crippen LogP contribution in [-0.4, -0.2) is 231 Å². The number of hydrogen-bond acceptors (Lipinski definition) is 16. The maximum Gasteiger partial charge on any atom is 0.326 e. The van der Waals surface area contributed by atoms with E-state index in [2.05, 4.69) is 41.6 Å². The Bertz CT molecular complexity index is 3170. The number of aliphatic hydroxyl groups excluding tert-OH is 2. The zero-order valence-electron chi connectivity index (χ0n) is 52.4. The average molecular weight is 1310 g/mol. The minimum absolute atomic E-state index is 0.0393. The van der Waals surface area contributed by atoms with Crippen molar-refractivity contribution >= 4 is 77.0 Å². The number of nitrogens with one attached hydrogen (secondary N) is 5. The van der Waals surface area contributed by atoms with Gasteiger partial charge in [-0.15, -0.1) is 0 Å². The van der Waals surface area contributed by atoms with Crippen molar-refractivity contribution in [1.82, 2.24) is 46.2 Å². The smallest absolute Gasteiger partial charge is 0.326 e. The largest absolute Gasteiger partial charge is 0.480 e. The molecule has 3 aromatic rings. The zero-order chi connectivity index (χ0) is 68.4. The minimum atomic E-state index is -1.69.